The summed E-state index contributed by atoms with van der Waals surface area (Å²) >= 11 is 2.94. The van der Waals surface area contributed by atoms with Crippen molar-refractivity contribution in [3.8, 4) is 74.0 Å². The fourth-order valence-corrected chi connectivity index (χ4v) is 18.9. The number of carbonyl (C=O) groups is 3. The van der Waals surface area contributed by atoms with Crippen molar-refractivity contribution in [2.45, 2.75) is 161 Å². The number of esters is 2. The number of furan rings is 4. The zero-order valence-electron chi connectivity index (χ0n) is 85.2. The maximum Gasteiger partial charge on any atom is 1.00 e. The zero-order valence-corrected chi connectivity index (χ0v) is 88.8. The van der Waals surface area contributed by atoms with Gasteiger partial charge in [0, 0.05) is 81.2 Å². The number of carboxylic acid groups (broad SMARTS) is 1. The maximum atomic E-state index is 12.8. The molecule has 5 aliphatic rings. The van der Waals surface area contributed by atoms with Crippen LogP contribution in [0.5, 0.6) is 28.7 Å². The standard InChI is InChI=1S/C27H28F3NO4.C25H24F3NO4.C24H24F3NO2.C23H22F3NO2.C12H17NO.C4H7BrO2.Na.H2O/c1-3-33-26(32)17-34-22-9-6-19-12-13-31(15-18(2)24(19)14-22)16-23-10-11-25(35-23)20-4-7-21(8-5-20)27(28,29)30;1-16-13-29(11-10-17-4-7-20(12-22(16)17)32-15-24(30)31)14-21-8-9-23(33-21)18-2-5-19(6-3-18)25(26,27)28;1-16-14-28(12-11-17-5-8-20(29-2)13-22(16)17)15-21-9-10-23(30-21)18-3-6-19(7-4-18)24(25,26)27;1-15-13-27(11-10-16-4-7-19(28)12-21(15)16)14-20-8-9-22(29-20)17-2-5-18(6-3-17)23(24,25)26;1-9-8-13-6-5-10-3-4-11(14-2)7-12(9)10;1-2-7-4(6)3-5;;/h4-11,14,18H,3,12-13,15-17H2,1-2H3;2-9,12,16H,10-11,13-15H2,1H3,(H,30,31);3-10,13,16H,11-12,14-15H2,1-2H3;2-9,12,15,28H,10-11,13-14H2,1H3;3-4,7,9,13H,5-6,8H2,1-2H3;2-3H2,1H3;;1H2/q;;;;;;+1;/p-1. The van der Waals surface area contributed by atoms with Gasteiger partial charge in [-0.05, 0) is 295 Å². The Morgan fingerprint density at radius 2 is 0.640 bits per heavy atom. The van der Waals surface area contributed by atoms with E-state index >= 15 is 0 Å². The average molecular weight is 2160 g/mol. The third-order valence-electron chi connectivity index (χ3n) is 26.3. The number of ether oxygens (including phenoxy) is 6. The smallest absolute Gasteiger partial charge is 0.870 e. The van der Waals surface area contributed by atoms with E-state index in [0.29, 0.717) is 113 Å². The third-order valence-corrected chi connectivity index (χ3v) is 26.7. The molecule has 0 spiro atoms. The summed E-state index contributed by atoms with van der Waals surface area (Å²) in [5.74, 6) is 8.69. The van der Waals surface area contributed by atoms with Gasteiger partial charge in [-0.3, -0.25) is 24.4 Å². The number of aromatic hydroxyl groups is 1. The molecule has 5 unspecified atom stereocenters. The number of benzene rings is 9. The van der Waals surface area contributed by atoms with Crippen molar-refractivity contribution in [3.05, 3.63) is 338 Å². The van der Waals surface area contributed by atoms with E-state index in [4.69, 9.17) is 46.5 Å². The number of alkyl halides is 13. The Morgan fingerprint density at radius 1 is 0.367 bits per heavy atom. The first-order chi connectivity index (χ1) is 70.6. The number of carbonyl (C=O) groups excluding carboxylic acids is 2. The third kappa shape index (κ3) is 34.0. The molecule has 0 aliphatic carbocycles. The molecule has 0 saturated carbocycles. The second-order valence-electron chi connectivity index (χ2n) is 37.2. The summed E-state index contributed by atoms with van der Waals surface area (Å²) in [7, 11) is 3.40. The van der Waals surface area contributed by atoms with Crippen molar-refractivity contribution in [3.63, 3.8) is 0 Å². The molecule has 5 atom stereocenters. The van der Waals surface area contributed by atoms with Crippen molar-refractivity contribution in [2.75, 3.05) is 111 Å². The predicted octanol–water partition coefficient (Wildman–Crippen LogP) is 23.3. The van der Waals surface area contributed by atoms with Crippen molar-refractivity contribution >= 4 is 33.8 Å². The largest absolute Gasteiger partial charge is 1.00 e. The Balaban J connectivity index is 0.000000177. The second-order valence-corrected chi connectivity index (χ2v) is 37.8. The second kappa shape index (κ2) is 54.8. The number of phenols is 1. The Hall–Kier alpha value is -12.1. The predicted molar refractivity (Wildman–Crippen MR) is 546 cm³/mol. The van der Waals surface area contributed by atoms with Crippen LogP contribution in [-0.4, -0.2) is 165 Å². The van der Waals surface area contributed by atoms with E-state index in [2.05, 4.69) is 111 Å². The minimum Gasteiger partial charge on any atom is -0.870 e. The molecule has 0 radical (unpaired) electrons. The molecule has 4 N–H and O–H groups in total. The van der Waals surface area contributed by atoms with Gasteiger partial charge in [0.1, 0.15) is 80.2 Å². The molecule has 150 heavy (non-hydrogen) atoms. The number of hydrogen-bond donors (Lipinski definition) is 3. The number of nitrogens with zero attached hydrogens (tertiary/aromatic N) is 4. The molecule has 796 valence electrons. The Bertz CT molecular complexity index is 6510. The van der Waals surface area contributed by atoms with Gasteiger partial charge in [-0.1, -0.05) is 129 Å². The molecule has 13 aromatic rings. The van der Waals surface area contributed by atoms with Crippen LogP contribution in [0, 0.1) is 0 Å². The molecule has 18 rings (SSSR count). The number of aliphatic carboxylic acids is 1. The van der Waals surface area contributed by atoms with Crippen LogP contribution in [0.1, 0.15) is 179 Å². The molecular formula is C115H123BrF12N5NaO16. The summed E-state index contributed by atoms with van der Waals surface area (Å²) in [6.07, 6.45) is -12.7. The van der Waals surface area contributed by atoms with Crippen LogP contribution in [0.4, 0.5) is 52.7 Å². The Labute approximate surface area is 895 Å². The summed E-state index contributed by atoms with van der Waals surface area (Å²) in [6.45, 7) is 26.1. The molecule has 0 amide bonds. The van der Waals surface area contributed by atoms with E-state index in [1.54, 1.807) is 58.4 Å². The van der Waals surface area contributed by atoms with Gasteiger partial charge in [0.2, 0.25) is 0 Å². The van der Waals surface area contributed by atoms with Gasteiger partial charge in [-0.15, -0.1) is 0 Å². The minimum atomic E-state index is -4.36. The molecule has 21 nitrogen and oxygen atoms in total. The average Bonchev–Trinajstić information content (AvgIpc) is 1.70. The van der Waals surface area contributed by atoms with Gasteiger partial charge in [0.05, 0.1) is 75.9 Å². The van der Waals surface area contributed by atoms with E-state index < -0.39 is 58.9 Å². The van der Waals surface area contributed by atoms with E-state index in [-0.39, 0.29) is 77.7 Å². The van der Waals surface area contributed by atoms with Crippen LogP contribution in [0.15, 0.2) is 254 Å². The number of rotatable bonds is 23. The summed E-state index contributed by atoms with van der Waals surface area (Å²) in [5.41, 5.74) is 12.5. The van der Waals surface area contributed by atoms with E-state index in [9.17, 15) is 72.2 Å². The summed E-state index contributed by atoms with van der Waals surface area (Å²) in [5, 5.41) is 22.3. The van der Waals surface area contributed by atoms with Crippen LogP contribution < -0.4 is 53.8 Å². The summed E-state index contributed by atoms with van der Waals surface area (Å²) in [4.78, 5) is 41.7. The van der Waals surface area contributed by atoms with Gasteiger partial charge in [0.25, 0.3) is 0 Å². The van der Waals surface area contributed by atoms with Gasteiger partial charge < -0.3 is 67.1 Å². The van der Waals surface area contributed by atoms with Crippen LogP contribution in [-0.2, 0) is 107 Å². The van der Waals surface area contributed by atoms with E-state index in [1.165, 1.54) is 98.6 Å². The molecule has 0 bridgehead atoms. The van der Waals surface area contributed by atoms with Crippen molar-refractivity contribution in [1.29, 1.82) is 0 Å². The number of carboxylic acids is 1. The number of halogens is 13. The molecular weight excluding hydrogens is 2040 g/mol. The monoisotopic (exact) mass is 2160 g/mol. The number of nitrogens with one attached hydrogen (secondary N) is 1. The first-order valence-corrected chi connectivity index (χ1v) is 50.2. The van der Waals surface area contributed by atoms with Crippen molar-refractivity contribution < 1.29 is 158 Å². The molecule has 0 saturated heterocycles. The van der Waals surface area contributed by atoms with Gasteiger partial charge in [-0.25, -0.2) is 9.59 Å². The van der Waals surface area contributed by atoms with Crippen LogP contribution in [0.25, 0.3) is 45.3 Å². The number of methoxy groups -OCH3 is 2. The van der Waals surface area contributed by atoms with Crippen molar-refractivity contribution in [1.82, 2.24) is 24.9 Å². The first-order valence-electron chi connectivity index (χ1n) is 49.1. The molecule has 35 heteroatoms. The minimum absolute atomic E-state index is 0. The Kier molecular flexibility index (Phi) is 43.1. The van der Waals surface area contributed by atoms with Gasteiger partial charge >= 0.3 is 72.2 Å². The SMILES string of the molecule is CC1CN(Cc2ccc(-c3ccc(C(F)(F)F)cc3)o2)CCc2ccc(O)cc21.CC1CN(Cc2ccc(-c3ccc(C(F)(F)F)cc3)o2)CCc2ccc(OCC(=O)O)cc21.CCOC(=O)CBr.CCOC(=O)COc1ccc2c(c1)C(C)CN(Cc1ccc(-c3ccc(C(F)(F)F)cc3)o1)CC2.COc1ccc2c(c1)C(C)CN(Cc1ccc(-c3ccc(C(F)(F)F)cc3)o1)CC2.COc1ccc2c(c1)C(C)CNCC2.[Na+].[OH-]. The summed E-state index contributed by atoms with van der Waals surface area (Å²) in [6, 6.07) is 64.6. The van der Waals surface area contributed by atoms with Crippen molar-refractivity contribution in [2.24, 2.45) is 0 Å². The van der Waals surface area contributed by atoms with Crippen LogP contribution >= 0.6 is 15.9 Å². The van der Waals surface area contributed by atoms with Crippen LogP contribution in [0.3, 0.4) is 0 Å². The fraction of sp³-hybridized carbons (Fsp3) is 0.365. The molecule has 5 aliphatic heterocycles. The number of phenolic OH excluding ortho intramolecular Hbond substituents is 1. The van der Waals surface area contributed by atoms with Crippen LogP contribution in [0.2, 0.25) is 0 Å². The quantitative estimate of drug-likeness (QED) is 0.0233. The van der Waals surface area contributed by atoms with Gasteiger partial charge in [-0.2, -0.15) is 52.7 Å². The fourth-order valence-electron chi connectivity index (χ4n) is 18.7. The molecule has 4 aromatic heterocycles. The number of fused-ring (bicyclic) bond motifs is 5. The summed E-state index contributed by atoms with van der Waals surface area (Å²) < 4.78 is 208. The molecule has 0 fully saturated rings. The molecule has 9 aromatic carbocycles. The number of hydrogen-bond acceptors (Lipinski definition) is 20. The molecule has 9 heterocycles. The Morgan fingerprint density at radius 3 is 0.927 bits per heavy atom. The topological polar surface area (TPSA) is 255 Å². The van der Waals surface area contributed by atoms with Gasteiger partial charge in [0.15, 0.2) is 13.2 Å². The maximum absolute atomic E-state index is 12.8. The normalized spacial score (nSPS) is 16.8. The van der Waals surface area contributed by atoms with E-state index in [0.717, 1.165) is 186 Å². The van der Waals surface area contributed by atoms with E-state index in [1.807, 2.05) is 78.9 Å². The zero-order chi connectivity index (χ0) is 106. The first kappa shape index (κ1) is 118.